The first kappa shape index (κ1) is 37.9. The van der Waals surface area contributed by atoms with Gasteiger partial charge in [-0.15, -0.1) is 10.2 Å². The van der Waals surface area contributed by atoms with E-state index in [9.17, 15) is 37.6 Å². The lowest BCUT2D eigenvalue weighted by atomic mass is 9.97. The normalized spacial score (nSPS) is 15.0. The number of benzene rings is 1. The van der Waals surface area contributed by atoms with Gasteiger partial charge in [0.1, 0.15) is 17.8 Å². The number of hydrogen-bond donors (Lipinski definition) is 2. The number of ether oxygens (including phenoxy) is 3. The smallest absolute Gasteiger partial charge is 0.421 e. The molecule has 3 rings (SSSR count). The van der Waals surface area contributed by atoms with Crippen LogP contribution >= 0.6 is 0 Å². The monoisotopic (exact) mass is 693 g/mol. The lowest BCUT2D eigenvalue weighted by Gasteiger charge is -2.33. The fourth-order valence-corrected chi connectivity index (χ4v) is 4.08. The third kappa shape index (κ3) is 9.99. The molecule has 0 aliphatic heterocycles. The summed E-state index contributed by atoms with van der Waals surface area (Å²) in [7, 11) is 0. The van der Waals surface area contributed by atoms with Gasteiger partial charge in [0.15, 0.2) is 11.8 Å². The minimum absolute atomic E-state index is 0.0160. The molecule has 2 heterocycles. The van der Waals surface area contributed by atoms with Gasteiger partial charge in [0, 0.05) is 19.0 Å². The number of carbonyl (C=O) groups excluding carboxylic acids is 1. The Morgan fingerprint density at radius 3 is 2.31 bits per heavy atom. The number of nitrogens with one attached hydrogen (secondary N) is 1. The van der Waals surface area contributed by atoms with Crippen molar-refractivity contribution >= 4 is 11.8 Å². The summed E-state index contributed by atoms with van der Waals surface area (Å²) < 4.78 is 107. The van der Waals surface area contributed by atoms with Crippen molar-refractivity contribution in [2.45, 2.75) is 83.2 Å². The maximum atomic E-state index is 15.6. The molecule has 2 unspecified atom stereocenters. The van der Waals surface area contributed by atoms with Crippen LogP contribution in [-0.2, 0) is 32.6 Å². The molecule has 13 nitrogen and oxygen atoms in total. The van der Waals surface area contributed by atoms with Crippen LogP contribution in [0, 0.1) is 10.1 Å². The number of amides is 1. The van der Waals surface area contributed by atoms with Crippen molar-refractivity contribution < 1.29 is 59.8 Å². The van der Waals surface area contributed by atoms with Gasteiger partial charge >= 0.3 is 18.0 Å². The summed E-state index contributed by atoms with van der Waals surface area (Å²) in [5.41, 5.74) is -8.65. The van der Waals surface area contributed by atoms with Gasteiger partial charge in [-0.25, -0.2) is 22.9 Å². The second kappa shape index (κ2) is 14.7. The first-order valence-electron chi connectivity index (χ1n) is 14.1. The van der Waals surface area contributed by atoms with E-state index >= 15 is 8.78 Å². The fraction of sp³-hybridized carbons (Fsp3) is 0.517. The van der Waals surface area contributed by atoms with E-state index in [0.717, 1.165) is 0 Å². The average Bonchev–Trinajstić information content (AvgIpc) is 3.48. The zero-order chi connectivity index (χ0) is 36.1. The Morgan fingerprint density at radius 1 is 1.10 bits per heavy atom. The molecule has 1 amide bonds. The number of alkyl carbamates (subject to hydrolysis) is 1. The van der Waals surface area contributed by atoms with Crippen LogP contribution in [0.25, 0.3) is 11.6 Å². The molecule has 0 aliphatic carbocycles. The van der Waals surface area contributed by atoms with Crippen LogP contribution in [0.5, 0.6) is 5.88 Å². The molecule has 0 bridgehead atoms. The molecule has 1 aromatic carbocycles. The minimum Gasteiger partial charge on any atom is -0.493 e. The Labute approximate surface area is 269 Å². The number of nitrogens with zero attached hydrogens (tertiary/aromatic N) is 4. The van der Waals surface area contributed by atoms with Crippen LogP contribution in [0.15, 0.2) is 40.8 Å². The van der Waals surface area contributed by atoms with Gasteiger partial charge in [-0.2, -0.15) is 13.2 Å². The summed E-state index contributed by atoms with van der Waals surface area (Å²) in [5.74, 6) is -3.50. The predicted octanol–water partition coefficient (Wildman–Crippen LogP) is 6.49. The van der Waals surface area contributed by atoms with E-state index < -0.39 is 101 Å². The highest BCUT2D eigenvalue weighted by molar-refractivity contribution is 5.67. The van der Waals surface area contributed by atoms with Gasteiger partial charge in [0.25, 0.3) is 11.8 Å². The van der Waals surface area contributed by atoms with Crippen LogP contribution in [0.1, 0.15) is 58.1 Å². The summed E-state index contributed by atoms with van der Waals surface area (Å²) in [6.45, 7) is 5.15. The number of alkyl halides is 6. The van der Waals surface area contributed by atoms with E-state index in [1.807, 2.05) is 0 Å². The third-order valence-corrected chi connectivity index (χ3v) is 6.37. The maximum Gasteiger partial charge on any atom is 0.421 e. The number of nitro groups is 1. The fourth-order valence-electron chi connectivity index (χ4n) is 4.08. The first-order valence-corrected chi connectivity index (χ1v) is 14.1. The summed E-state index contributed by atoms with van der Waals surface area (Å²) in [4.78, 5) is 25.5. The van der Waals surface area contributed by atoms with Gasteiger partial charge < -0.3 is 29.1 Å². The van der Waals surface area contributed by atoms with Gasteiger partial charge in [-0.1, -0.05) is 30.3 Å². The van der Waals surface area contributed by atoms with Crippen molar-refractivity contribution in [2.24, 2.45) is 0 Å². The molecule has 0 saturated heterocycles. The summed E-state index contributed by atoms with van der Waals surface area (Å²) in [5, 5.41) is 30.9. The summed E-state index contributed by atoms with van der Waals surface area (Å²) in [6.07, 6.45) is -12.7. The maximum absolute atomic E-state index is 15.6. The number of halogens is 6. The van der Waals surface area contributed by atoms with E-state index in [4.69, 9.17) is 18.6 Å². The molecule has 0 saturated carbocycles. The van der Waals surface area contributed by atoms with Crippen LogP contribution in [0.4, 0.5) is 36.8 Å². The molecule has 3 atom stereocenters. The van der Waals surface area contributed by atoms with Crippen molar-refractivity contribution in [1.29, 1.82) is 0 Å². The highest BCUT2D eigenvalue weighted by Gasteiger charge is 2.46. The Bertz CT molecular complexity index is 1570. The third-order valence-electron chi connectivity index (χ3n) is 6.37. The number of carbonyl (C=O) groups is 1. The van der Waals surface area contributed by atoms with Crippen molar-refractivity contribution in [3.05, 3.63) is 63.5 Å². The molecule has 0 aliphatic rings. The molecule has 0 radical (unpaired) electrons. The summed E-state index contributed by atoms with van der Waals surface area (Å²) >= 11 is 0. The number of aromatic hydroxyl groups is 1. The number of pyridine rings is 1. The number of aromatic nitrogens is 3. The molecule has 2 N–H and O–H groups in total. The zero-order valence-electron chi connectivity index (χ0n) is 26.3. The van der Waals surface area contributed by atoms with Crippen LogP contribution in [-0.4, -0.2) is 68.3 Å². The minimum atomic E-state index is -5.23. The van der Waals surface area contributed by atoms with Crippen LogP contribution < -0.4 is 5.32 Å². The standard InChI is InChI=1S/C29H33F6N5O8/c1-26(2,3)48-25(42)36-15-27(4,5)47-21(32)18(31)12-28(14-30,45-13-16-9-7-6-8-10-16)24-39-38-23(46-24)20-19(40(43)44)11-17(22(41)37-20)29(33,34)35/h6-11,18,21H,12-15H2,1-5H3,(H,36,42)(H,37,41)/t18?,21?,28-/m0/s1. The van der Waals surface area contributed by atoms with E-state index in [0.29, 0.717) is 5.56 Å². The molecule has 2 aromatic heterocycles. The molecule has 19 heteroatoms. The Hall–Kier alpha value is -4.52. The molecule has 48 heavy (non-hydrogen) atoms. The zero-order valence-corrected chi connectivity index (χ0v) is 26.3. The van der Waals surface area contributed by atoms with E-state index in [1.54, 1.807) is 51.1 Å². The average molecular weight is 694 g/mol. The van der Waals surface area contributed by atoms with E-state index in [2.05, 4.69) is 20.5 Å². The number of rotatable bonds is 14. The Kier molecular flexibility index (Phi) is 11.6. The topological polar surface area (TPSA) is 172 Å². The lowest BCUT2D eigenvalue weighted by Crippen LogP contribution is -2.46. The highest BCUT2D eigenvalue weighted by atomic mass is 19.4. The van der Waals surface area contributed by atoms with Gasteiger partial charge in [-0.05, 0) is 40.2 Å². The van der Waals surface area contributed by atoms with Gasteiger partial charge in [0.2, 0.25) is 17.9 Å². The van der Waals surface area contributed by atoms with Gasteiger partial charge in [0.05, 0.1) is 17.1 Å². The Morgan fingerprint density at radius 2 is 1.75 bits per heavy atom. The SMILES string of the molecule is CC(C)(C)OC(=O)NCC(C)(C)OC(F)C(F)C[C@@](CF)(OCc1ccccc1)c1nnc(-c2nc(O)c(C(F)(F)F)cc2[N+](=O)[O-])o1. The van der Waals surface area contributed by atoms with Crippen LogP contribution in [0.2, 0.25) is 0 Å². The molecule has 0 spiro atoms. The molecular formula is C29H33F6N5O8. The van der Waals surface area contributed by atoms with Crippen LogP contribution in [0.3, 0.4) is 0 Å². The van der Waals surface area contributed by atoms with Crippen molar-refractivity contribution in [3.63, 3.8) is 0 Å². The largest absolute Gasteiger partial charge is 0.493 e. The Balaban J connectivity index is 1.94. The summed E-state index contributed by atoms with van der Waals surface area (Å²) in [6, 6.07) is 8.00. The quantitative estimate of drug-likeness (QED) is 0.107. The first-order chi connectivity index (χ1) is 22.2. The van der Waals surface area contributed by atoms with Crippen molar-refractivity contribution in [3.8, 4) is 17.5 Å². The van der Waals surface area contributed by atoms with E-state index in [1.165, 1.54) is 13.8 Å². The molecule has 264 valence electrons. The van der Waals surface area contributed by atoms with Crippen molar-refractivity contribution in [1.82, 2.24) is 20.5 Å². The van der Waals surface area contributed by atoms with E-state index in [-0.39, 0.29) is 12.6 Å². The lowest BCUT2D eigenvalue weighted by molar-refractivity contribution is -0.384. The van der Waals surface area contributed by atoms with Gasteiger partial charge in [-0.3, -0.25) is 10.1 Å². The second-order valence-corrected chi connectivity index (χ2v) is 12.1. The predicted molar refractivity (Wildman–Crippen MR) is 154 cm³/mol. The second-order valence-electron chi connectivity index (χ2n) is 12.1. The highest BCUT2D eigenvalue weighted by Crippen LogP contribution is 2.41. The molecule has 0 fully saturated rings. The number of hydrogen-bond acceptors (Lipinski definition) is 11. The van der Waals surface area contributed by atoms with Crippen molar-refractivity contribution in [2.75, 3.05) is 13.2 Å². The molecular weight excluding hydrogens is 660 g/mol. The molecule has 3 aromatic rings.